The molecule has 0 aliphatic carbocycles. The molecular weight excluding hydrogens is 364 g/mol. The average Bonchev–Trinajstić information content (AvgIpc) is 2.79. The summed E-state index contributed by atoms with van der Waals surface area (Å²) in [6.45, 7) is 4.12. The molecule has 0 radical (unpaired) electrons. The van der Waals surface area contributed by atoms with Crippen LogP contribution in [0.5, 0.6) is 0 Å². The summed E-state index contributed by atoms with van der Waals surface area (Å²) in [5, 5.41) is 3.26. The largest absolute Gasteiger partial charge is 0.465 e. The molecule has 154 valence electrons. The van der Waals surface area contributed by atoms with Gasteiger partial charge in [0, 0.05) is 17.8 Å². The van der Waals surface area contributed by atoms with E-state index in [2.05, 4.69) is 5.32 Å². The van der Waals surface area contributed by atoms with E-state index in [0.29, 0.717) is 13.0 Å². The molecule has 1 aliphatic rings. The van der Waals surface area contributed by atoms with Gasteiger partial charge in [-0.3, -0.25) is 14.5 Å². The van der Waals surface area contributed by atoms with Crippen molar-refractivity contribution in [2.45, 2.75) is 39.0 Å². The Labute approximate surface area is 173 Å². The topological polar surface area (TPSA) is 58.6 Å². The van der Waals surface area contributed by atoms with Crippen LogP contribution < -0.4 is 10.2 Å². The van der Waals surface area contributed by atoms with Crippen LogP contribution in [0.3, 0.4) is 0 Å². The van der Waals surface area contributed by atoms with Gasteiger partial charge in [-0.05, 0) is 68.6 Å². The number of amides is 1. The molecule has 0 atom stereocenters. The molecule has 1 heterocycles. The summed E-state index contributed by atoms with van der Waals surface area (Å²) in [4.78, 5) is 26.3. The number of carbonyl (C=O) groups is 2. The minimum Gasteiger partial charge on any atom is -0.465 e. The number of aryl methyl sites for hydroxylation is 1. The van der Waals surface area contributed by atoms with Crippen molar-refractivity contribution >= 4 is 23.3 Å². The van der Waals surface area contributed by atoms with Gasteiger partial charge in [0.25, 0.3) is 0 Å². The van der Waals surface area contributed by atoms with Crippen LogP contribution in [0.25, 0.3) is 0 Å². The molecule has 0 saturated carbocycles. The van der Waals surface area contributed by atoms with Gasteiger partial charge in [0.1, 0.15) is 0 Å². The van der Waals surface area contributed by atoms with Gasteiger partial charge >= 0.3 is 5.97 Å². The van der Waals surface area contributed by atoms with Gasteiger partial charge in [-0.25, -0.2) is 0 Å². The third-order valence-electron chi connectivity index (χ3n) is 5.29. The SMILES string of the molecule is CCC(=O)N(c1ccccc1)c1ccc(CCCOC(=O)C2CCNCC2)cc1. The summed E-state index contributed by atoms with van der Waals surface area (Å²) in [5.74, 6) is 0.0582. The number of carbonyl (C=O) groups excluding carboxylic acids is 2. The Morgan fingerprint density at radius 2 is 1.66 bits per heavy atom. The van der Waals surface area contributed by atoms with Crippen molar-refractivity contribution < 1.29 is 14.3 Å². The van der Waals surface area contributed by atoms with Crippen molar-refractivity contribution in [2.75, 3.05) is 24.6 Å². The summed E-state index contributed by atoms with van der Waals surface area (Å²) < 4.78 is 5.45. The third kappa shape index (κ3) is 5.91. The highest BCUT2D eigenvalue weighted by Crippen LogP contribution is 2.26. The van der Waals surface area contributed by atoms with Crippen LogP contribution in [0.2, 0.25) is 0 Å². The summed E-state index contributed by atoms with van der Waals surface area (Å²) in [5.41, 5.74) is 2.91. The molecule has 29 heavy (non-hydrogen) atoms. The minimum atomic E-state index is -0.0570. The van der Waals surface area contributed by atoms with Gasteiger partial charge in [0.05, 0.1) is 12.5 Å². The van der Waals surface area contributed by atoms with E-state index in [-0.39, 0.29) is 17.8 Å². The van der Waals surface area contributed by atoms with Crippen LogP contribution in [0.1, 0.15) is 38.2 Å². The summed E-state index contributed by atoms with van der Waals surface area (Å²) in [6.07, 6.45) is 3.82. The molecule has 2 aromatic rings. The van der Waals surface area contributed by atoms with Gasteiger partial charge < -0.3 is 10.1 Å². The molecule has 5 nitrogen and oxygen atoms in total. The minimum absolute atomic E-state index is 0.0515. The fourth-order valence-corrected chi connectivity index (χ4v) is 3.61. The molecule has 1 saturated heterocycles. The molecule has 0 aromatic heterocycles. The van der Waals surface area contributed by atoms with Gasteiger partial charge in [0.15, 0.2) is 0 Å². The second-order valence-corrected chi connectivity index (χ2v) is 7.38. The predicted octanol–water partition coefficient (Wildman–Crippen LogP) is 4.24. The van der Waals surface area contributed by atoms with Gasteiger partial charge in [-0.2, -0.15) is 0 Å². The average molecular weight is 395 g/mol. The number of piperidine rings is 1. The highest BCUT2D eigenvalue weighted by atomic mass is 16.5. The lowest BCUT2D eigenvalue weighted by molar-refractivity contribution is -0.149. The molecule has 1 aliphatic heterocycles. The maximum atomic E-state index is 12.5. The third-order valence-corrected chi connectivity index (χ3v) is 5.29. The zero-order chi connectivity index (χ0) is 20.5. The second-order valence-electron chi connectivity index (χ2n) is 7.38. The second kappa shape index (κ2) is 10.8. The molecule has 5 heteroatoms. The lowest BCUT2D eigenvalue weighted by atomic mass is 9.98. The smallest absolute Gasteiger partial charge is 0.309 e. The van der Waals surface area contributed by atoms with Crippen molar-refractivity contribution in [3.8, 4) is 0 Å². The van der Waals surface area contributed by atoms with E-state index in [9.17, 15) is 9.59 Å². The molecule has 1 N–H and O–H groups in total. The first-order valence-corrected chi connectivity index (χ1v) is 10.5. The molecule has 0 spiro atoms. The van der Waals surface area contributed by atoms with E-state index in [0.717, 1.165) is 50.1 Å². The zero-order valence-electron chi connectivity index (χ0n) is 17.1. The lowest BCUT2D eigenvalue weighted by Crippen LogP contribution is -2.32. The van der Waals surface area contributed by atoms with Crippen LogP contribution in [-0.4, -0.2) is 31.6 Å². The summed E-state index contributed by atoms with van der Waals surface area (Å²) in [6, 6.07) is 17.8. The molecule has 1 fully saturated rings. The first kappa shape index (κ1) is 21.1. The molecule has 0 unspecified atom stereocenters. The highest BCUT2D eigenvalue weighted by Gasteiger charge is 2.22. The number of nitrogens with zero attached hydrogens (tertiary/aromatic N) is 1. The lowest BCUT2D eigenvalue weighted by Gasteiger charge is -2.23. The number of rotatable bonds is 8. The fraction of sp³-hybridized carbons (Fsp3) is 0.417. The van der Waals surface area contributed by atoms with E-state index in [1.807, 2.05) is 61.5 Å². The first-order chi connectivity index (χ1) is 14.2. The van der Waals surface area contributed by atoms with Crippen molar-refractivity contribution in [1.82, 2.24) is 5.32 Å². The Morgan fingerprint density at radius 1 is 1.00 bits per heavy atom. The maximum absolute atomic E-state index is 12.5. The Bertz CT molecular complexity index is 784. The highest BCUT2D eigenvalue weighted by molar-refractivity contribution is 6.00. The van der Waals surface area contributed by atoms with E-state index >= 15 is 0 Å². The van der Waals surface area contributed by atoms with E-state index in [1.54, 1.807) is 4.90 Å². The molecule has 0 bridgehead atoms. The maximum Gasteiger partial charge on any atom is 0.309 e. The van der Waals surface area contributed by atoms with Crippen molar-refractivity contribution in [1.29, 1.82) is 0 Å². The van der Waals surface area contributed by atoms with E-state index in [1.165, 1.54) is 5.56 Å². The number of nitrogens with one attached hydrogen (secondary N) is 1. The number of hydrogen-bond donors (Lipinski definition) is 1. The van der Waals surface area contributed by atoms with Crippen molar-refractivity contribution in [2.24, 2.45) is 5.92 Å². The summed E-state index contributed by atoms with van der Waals surface area (Å²) >= 11 is 0. The standard InChI is InChI=1S/C24H30N2O3/c1-2-23(27)26(21-8-4-3-5-9-21)22-12-10-19(11-13-22)7-6-18-29-24(28)20-14-16-25-17-15-20/h3-5,8-13,20,25H,2,6-7,14-18H2,1H3. The van der Waals surface area contributed by atoms with Gasteiger partial charge in [-0.1, -0.05) is 37.3 Å². The Hall–Kier alpha value is -2.66. The van der Waals surface area contributed by atoms with Crippen molar-refractivity contribution in [3.05, 3.63) is 60.2 Å². The molecule has 2 aromatic carbocycles. The number of hydrogen-bond acceptors (Lipinski definition) is 4. The molecule has 1 amide bonds. The van der Waals surface area contributed by atoms with E-state index < -0.39 is 0 Å². The first-order valence-electron chi connectivity index (χ1n) is 10.5. The fourth-order valence-electron chi connectivity index (χ4n) is 3.61. The van der Waals surface area contributed by atoms with Crippen LogP contribution in [0.15, 0.2) is 54.6 Å². The Kier molecular flexibility index (Phi) is 7.82. The zero-order valence-corrected chi connectivity index (χ0v) is 17.1. The monoisotopic (exact) mass is 394 g/mol. The van der Waals surface area contributed by atoms with Gasteiger partial charge in [0.2, 0.25) is 5.91 Å². The normalized spacial score (nSPS) is 14.4. The van der Waals surface area contributed by atoms with Crippen LogP contribution in [-0.2, 0) is 20.7 Å². The summed E-state index contributed by atoms with van der Waals surface area (Å²) in [7, 11) is 0. The molecular formula is C24H30N2O3. The number of ether oxygens (including phenoxy) is 1. The Balaban J connectivity index is 1.52. The van der Waals surface area contributed by atoms with Crippen LogP contribution in [0, 0.1) is 5.92 Å². The predicted molar refractivity (Wildman–Crippen MR) is 115 cm³/mol. The quantitative estimate of drug-likeness (QED) is 0.537. The Morgan fingerprint density at radius 3 is 2.31 bits per heavy atom. The van der Waals surface area contributed by atoms with Crippen LogP contribution in [0.4, 0.5) is 11.4 Å². The van der Waals surface area contributed by atoms with E-state index in [4.69, 9.17) is 4.74 Å². The van der Waals surface area contributed by atoms with Crippen LogP contribution >= 0.6 is 0 Å². The number of para-hydroxylation sites is 1. The number of benzene rings is 2. The molecule has 3 rings (SSSR count). The van der Waals surface area contributed by atoms with Crippen molar-refractivity contribution in [3.63, 3.8) is 0 Å². The van der Waals surface area contributed by atoms with Gasteiger partial charge in [-0.15, -0.1) is 0 Å². The number of esters is 1. The number of anilines is 2.